The summed E-state index contributed by atoms with van der Waals surface area (Å²) in [6, 6.07) is 61.9. The fourth-order valence-corrected chi connectivity index (χ4v) is 7.12. The van der Waals surface area contributed by atoms with E-state index in [1.807, 2.05) is 17.1 Å². The molecule has 4 nitrogen and oxygen atoms in total. The first-order valence-electron chi connectivity index (χ1n) is 19.4. The molecule has 1 radical (unpaired) electrons. The Hall–Kier alpha value is -5.65. The third-order valence-electron chi connectivity index (χ3n) is 10.4. The molecule has 0 saturated carbocycles. The topological polar surface area (TPSA) is 32.9 Å². The quantitative estimate of drug-likeness (QED) is 0.127. The smallest absolute Gasteiger partial charge is 0.129 e. The fraction of sp³-hybridized carbons (Fsp3) is 0.154. The number of rotatable bonds is 5. The second-order valence-electron chi connectivity index (χ2n) is 16.5. The van der Waals surface area contributed by atoms with Gasteiger partial charge in [-0.1, -0.05) is 187 Å². The van der Waals surface area contributed by atoms with Crippen LogP contribution in [0.2, 0.25) is 0 Å². The Labute approximate surface area is 353 Å². The maximum Gasteiger partial charge on any atom is 0.129 e. The van der Waals surface area contributed by atoms with Gasteiger partial charge in [-0.15, -0.1) is 17.7 Å². The van der Waals surface area contributed by atoms with Crippen molar-refractivity contribution >= 4 is 39.0 Å². The van der Waals surface area contributed by atoms with Crippen molar-refractivity contribution in [2.45, 2.75) is 52.4 Å². The second kappa shape index (κ2) is 16.4. The number of nitrogens with zero attached hydrogens (tertiary/aromatic N) is 4. The zero-order valence-electron chi connectivity index (χ0n) is 33.4. The molecule has 1 aromatic heterocycles. The van der Waals surface area contributed by atoms with Gasteiger partial charge in [0, 0.05) is 39.3 Å². The largest absolute Gasteiger partial charge is 0.657 e. The van der Waals surface area contributed by atoms with Gasteiger partial charge in [0.1, 0.15) is 5.84 Å². The number of hydrogen-bond acceptors (Lipinski definition) is 3. The van der Waals surface area contributed by atoms with Crippen LogP contribution < -0.4 is 14.9 Å². The molecule has 8 aromatic rings. The first-order chi connectivity index (χ1) is 27.0. The molecule has 9 rings (SSSR count). The minimum atomic E-state index is 0. The summed E-state index contributed by atoms with van der Waals surface area (Å²) in [7, 11) is 0. The molecule has 0 atom stereocenters. The Bertz CT molecular complexity index is 2490. The Balaban J connectivity index is 0.000000297. The van der Waals surface area contributed by atoms with Crippen molar-refractivity contribution in [3.05, 3.63) is 199 Å². The normalized spacial score (nSPS) is 12.9. The van der Waals surface area contributed by atoms with Crippen LogP contribution in [0.5, 0.6) is 0 Å². The molecule has 2 heterocycles. The molecule has 0 spiro atoms. The summed E-state index contributed by atoms with van der Waals surface area (Å²) >= 11 is 0. The van der Waals surface area contributed by atoms with Crippen molar-refractivity contribution in [1.82, 2.24) is 4.98 Å². The van der Waals surface area contributed by atoms with Crippen molar-refractivity contribution in [2.24, 2.45) is 5.10 Å². The van der Waals surface area contributed by atoms with Gasteiger partial charge >= 0.3 is 0 Å². The molecule has 0 amide bonds. The minimum absolute atomic E-state index is 0. The van der Waals surface area contributed by atoms with E-state index in [-0.39, 0.29) is 33.2 Å². The molecule has 0 saturated heterocycles. The van der Waals surface area contributed by atoms with Gasteiger partial charge in [-0.25, -0.2) is 0 Å². The van der Waals surface area contributed by atoms with Crippen molar-refractivity contribution in [3.8, 4) is 22.3 Å². The molecular formula is C52H48AuN4-2. The van der Waals surface area contributed by atoms with Gasteiger partial charge in [0.05, 0.1) is 0 Å². The van der Waals surface area contributed by atoms with E-state index in [1.165, 1.54) is 44.2 Å². The zero-order chi connectivity index (χ0) is 38.9. The van der Waals surface area contributed by atoms with E-state index in [0.717, 1.165) is 33.8 Å². The van der Waals surface area contributed by atoms with Gasteiger partial charge < -0.3 is 14.9 Å². The van der Waals surface area contributed by atoms with Crippen LogP contribution in [0, 0.1) is 6.67 Å². The summed E-state index contributed by atoms with van der Waals surface area (Å²) in [5.41, 5.74) is 12.7. The van der Waals surface area contributed by atoms with Gasteiger partial charge in [-0.05, 0) is 85.3 Å². The number of amidine groups is 1. The van der Waals surface area contributed by atoms with Crippen LogP contribution in [0.15, 0.2) is 181 Å². The molecule has 7 aromatic carbocycles. The van der Waals surface area contributed by atoms with Gasteiger partial charge in [0.25, 0.3) is 0 Å². The summed E-state index contributed by atoms with van der Waals surface area (Å²) in [6.07, 6.45) is 0. The second-order valence-corrected chi connectivity index (χ2v) is 16.5. The van der Waals surface area contributed by atoms with Crippen LogP contribution in [-0.2, 0) is 33.2 Å². The number of hydrogen-bond donors (Lipinski definition) is 0. The summed E-state index contributed by atoms with van der Waals surface area (Å²) in [4.78, 5) is 6.75. The molecule has 0 bridgehead atoms. The minimum Gasteiger partial charge on any atom is -0.657 e. The molecule has 1 aliphatic rings. The maximum absolute atomic E-state index is 5.26. The maximum atomic E-state index is 5.26. The summed E-state index contributed by atoms with van der Waals surface area (Å²) in [6.45, 7) is 15.8. The van der Waals surface area contributed by atoms with Crippen LogP contribution in [0.3, 0.4) is 0 Å². The van der Waals surface area contributed by atoms with E-state index in [2.05, 4.69) is 222 Å². The predicted molar refractivity (Wildman–Crippen MR) is 238 cm³/mol. The number of hydrazone groups is 1. The van der Waals surface area contributed by atoms with Crippen LogP contribution in [0.1, 0.15) is 58.2 Å². The molecule has 0 N–H and O–H groups in total. The molecule has 5 heteroatoms. The summed E-state index contributed by atoms with van der Waals surface area (Å²) in [5.74, 6) is 0.892. The molecule has 0 unspecified atom stereocenters. The Morgan fingerprint density at radius 1 is 0.439 bits per heavy atom. The van der Waals surface area contributed by atoms with Crippen LogP contribution >= 0.6 is 0 Å². The molecule has 57 heavy (non-hydrogen) atoms. The number of benzene rings is 7. The first-order valence-corrected chi connectivity index (χ1v) is 19.4. The van der Waals surface area contributed by atoms with E-state index < -0.39 is 0 Å². The fourth-order valence-electron chi connectivity index (χ4n) is 7.12. The monoisotopic (exact) mass is 925 g/mol. The number of aromatic nitrogens is 1. The predicted octanol–water partition coefficient (Wildman–Crippen LogP) is 13.4. The summed E-state index contributed by atoms with van der Waals surface area (Å²) in [5, 5.41) is 9.80. The van der Waals surface area contributed by atoms with E-state index in [9.17, 15) is 0 Å². The third kappa shape index (κ3) is 8.69. The van der Waals surface area contributed by atoms with Crippen LogP contribution in [0.4, 0.5) is 11.4 Å². The van der Waals surface area contributed by atoms with Crippen LogP contribution in [-0.4, -0.2) is 5.84 Å². The number of para-hydroxylation sites is 2. The van der Waals surface area contributed by atoms with E-state index >= 15 is 0 Å². The standard InChI is InChI=1S/C40H40N3.C12H8N.Au/c1-39(2,3)34-25-35(40(4,5)6)27-37(26-34)43-28-42(38(41-43)31-20-14-9-15-21-31)36-23-32(29-16-10-7-11-17-29)22-33(24-36)30-18-12-8-13-19-30;1-3-7-11-9(5-1)10-6-2-4-8-12(10)13-11;/h7-28H,1-6H3;1-8H;/q2*-1;. The third-order valence-corrected chi connectivity index (χ3v) is 10.4. The molecular weight excluding hydrogens is 878 g/mol. The zero-order valence-corrected chi connectivity index (χ0v) is 35.6. The van der Waals surface area contributed by atoms with Gasteiger partial charge in [0.15, 0.2) is 0 Å². The number of fused-ring (bicyclic) bond motifs is 3. The molecule has 0 fully saturated rings. The number of anilines is 2. The van der Waals surface area contributed by atoms with E-state index in [4.69, 9.17) is 5.10 Å². The van der Waals surface area contributed by atoms with Gasteiger partial charge in [-0.3, -0.25) is 0 Å². The van der Waals surface area contributed by atoms with E-state index in [0.29, 0.717) is 0 Å². The molecule has 0 aliphatic carbocycles. The first kappa shape index (κ1) is 39.6. The Morgan fingerprint density at radius 2 is 0.860 bits per heavy atom. The van der Waals surface area contributed by atoms with Crippen molar-refractivity contribution in [1.29, 1.82) is 0 Å². The van der Waals surface area contributed by atoms with E-state index in [1.54, 1.807) is 0 Å². The molecule has 1 aliphatic heterocycles. The van der Waals surface area contributed by atoms with Crippen LogP contribution in [0.25, 0.3) is 44.1 Å². The Kier molecular flexibility index (Phi) is 11.4. The van der Waals surface area contributed by atoms with Gasteiger partial charge in [-0.2, -0.15) is 5.10 Å². The SMILES string of the molecule is CC(C)(C)c1cc(N2[CH-]N(c3cc(-c4ccccc4)cc(-c4ccccc4)c3)C(c3ccccc3)=N2)cc(C(C)(C)C)c1.[Au].c1ccc2c(c1)[n-]c1ccccc12. The van der Waals surface area contributed by atoms with Gasteiger partial charge in [0.2, 0.25) is 0 Å². The Morgan fingerprint density at radius 3 is 1.32 bits per heavy atom. The molecule has 289 valence electrons. The van der Waals surface area contributed by atoms with Crippen molar-refractivity contribution in [3.63, 3.8) is 0 Å². The average Bonchev–Trinajstić information content (AvgIpc) is 3.84. The van der Waals surface area contributed by atoms with Crippen molar-refractivity contribution in [2.75, 3.05) is 9.91 Å². The summed E-state index contributed by atoms with van der Waals surface area (Å²) < 4.78 is 0. The van der Waals surface area contributed by atoms with Crippen molar-refractivity contribution < 1.29 is 22.4 Å². The average molecular weight is 926 g/mol.